The average Bonchev–Trinajstić information content (AvgIpc) is 2.93. The summed E-state index contributed by atoms with van der Waals surface area (Å²) in [5.74, 6) is 0. The molecule has 0 bridgehead atoms. The maximum absolute atomic E-state index is 4.86. The van der Waals surface area contributed by atoms with Gasteiger partial charge >= 0.3 is 5.65 Å². The van der Waals surface area contributed by atoms with E-state index >= 15 is 0 Å². The van der Waals surface area contributed by atoms with Crippen LogP contribution in [-0.2, 0) is 7.05 Å². The Balaban J connectivity index is 2.12. The van der Waals surface area contributed by atoms with Crippen LogP contribution in [0.2, 0.25) is 0 Å². The van der Waals surface area contributed by atoms with Crippen molar-refractivity contribution in [1.82, 2.24) is 14.5 Å². The van der Waals surface area contributed by atoms with Gasteiger partial charge in [0.15, 0.2) is 5.69 Å². The molecule has 0 N–H and O–H groups in total. The number of hydrogen-bond donors (Lipinski definition) is 0. The zero-order valence-electron chi connectivity index (χ0n) is 13.2. The highest BCUT2D eigenvalue weighted by molar-refractivity contribution is 6.12. The topological polar surface area (TPSA) is 34.8 Å². The van der Waals surface area contributed by atoms with E-state index in [4.69, 9.17) is 4.98 Å². The Morgan fingerprint density at radius 3 is 2.62 bits per heavy atom. The number of fused-ring (bicyclic) bond motifs is 4. The molecular weight excluding hydrogens is 296 g/mol. The Labute approximate surface area is 138 Å². The Kier molecular flexibility index (Phi) is 2.67. The second-order valence-corrected chi connectivity index (χ2v) is 5.91. The predicted molar refractivity (Wildman–Crippen MR) is 94.6 cm³/mol. The molecule has 0 radical (unpaired) electrons. The smallest absolute Gasteiger partial charge is 0.307 e. The number of aromatic nitrogens is 4. The van der Waals surface area contributed by atoms with Gasteiger partial charge in [0, 0.05) is 18.0 Å². The first kappa shape index (κ1) is 13.2. The van der Waals surface area contributed by atoms with E-state index in [0.29, 0.717) is 0 Å². The van der Waals surface area contributed by atoms with Gasteiger partial charge in [-0.05, 0) is 11.1 Å². The molecule has 0 fully saturated rings. The molecule has 0 amide bonds. The Hall–Kier alpha value is -3.27. The fraction of sp³-hybridized carbons (Fsp3) is 0.0500. The molecule has 24 heavy (non-hydrogen) atoms. The van der Waals surface area contributed by atoms with Crippen molar-refractivity contribution in [3.63, 3.8) is 0 Å². The lowest BCUT2D eigenvalue weighted by molar-refractivity contribution is -0.501. The average molecular weight is 311 g/mol. The molecule has 0 unspecified atom stereocenters. The zero-order valence-corrected chi connectivity index (χ0v) is 13.2. The predicted octanol–water partition coefficient (Wildman–Crippen LogP) is 3.53. The third-order valence-electron chi connectivity index (χ3n) is 4.56. The minimum absolute atomic E-state index is 0.842. The maximum Gasteiger partial charge on any atom is 0.349 e. The minimum atomic E-state index is 0.842. The number of hydrogen-bond acceptors (Lipinski definition) is 2. The van der Waals surface area contributed by atoms with Gasteiger partial charge < -0.3 is 4.57 Å². The van der Waals surface area contributed by atoms with Crippen LogP contribution in [0, 0.1) is 0 Å². The summed E-state index contributed by atoms with van der Waals surface area (Å²) in [6, 6.07) is 18.9. The van der Waals surface area contributed by atoms with Crippen LogP contribution in [-0.4, -0.2) is 14.5 Å². The van der Waals surface area contributed by atoms with Crippen LogP contribution in [0.5, 0.6) is 0 Å². The monoisotopic (exact) mass is 311 g/mol. The molecule has 114 valence electrons. The van der Waals surface area contributed by atoms with E-state index in [1.165, 1.54) is 21.9 Å². The highest BCUT2D eigenvalue weighted by atomic mass is 15.1. The summed E-state index contributed by atoms with van der Waals surface area (Å²) >= 11 is 0. The lowest BCUT2D eigenvalue weighted by atomic mass is 10.1. The van der Waals surface area contributed by atoms with Gasteiger partial charge in [0.2, 0.25) is 0 Å². The van der Waals surface area contributed by atoms with Crippen LogP contribution in [0.4, 0.5) is 0 Å². The highest BCUT2D eigenvalue weighted by Crippen LogP contribution is 2.33. The van der Waals surface area contributed by atoms with Crippen molar-refractivity contribution < 1.29 is 4.40 Å². The molecule has 0 aliphatic rings. The number of aryl methyl sites for hydroxylation is 1. The molecule has 0 aliphatic carbocycles. The third kappa shape index (κ3) is 1.71. The molecule has 0 aliphatic heterocycles. The van der Waals surface area contributed by atoms with Crippen molar-refractivity contribution in [3.8, 4) is 11.3 Å². The van der Waals surface area contributed by atoms with Crippen molar-refractivity contribution in [3.05, 3.63) is 73.2 Å². The summed E-state index contributed by atoms with van der Waals surface area (Å²) in [4.78, 5) is 9.11. The highest BCUT2D eigenvalue weighted by Gasteiger charge is 2.24. The first-order valence-corrected chi connectivity index (χ1v) is 7.92. The van der Waals surface area contributed by atoms with E-state index in [9.17, 15) is 0 Å². The molecule has 5 rings (SSSR count). The summed E-state index contributed by atoms with van der Waals surface area (Å²) in [6.45, 7) is 0. The summed E-state index contributed by atoms with van der Waals surface area (Å²) in [5, 5.41) is 2.38. The molecular formula is C20H15N4+. The number of para-hydroxylation sites is 1. The number of nitrogens with zero attached hydrogens (tertiary/aromatic N) is 4. The van der Waals surface area contributed by atoms with E-state index < -0.39 is 0 Å². The van der Waals surface area contributed by atoms with E-state index in [-0.39, 0.29) is 0 Å². The Morgan fingerprint density at radius 2 is 1.75 bits per heavy atom. The second kappa shape index (κ2) is 4.86. The SMILES string of the molecule is Cn1c2ccccc2c2c(-c3ccccc3)[n+]3ccncc3nc21. The molecule has 0 atom stereocenters. The van der Waals surface area contributed by atoms with Crippen molar-refractivity contribution >= 4 is 27.6 Å². The molecule has 5 aromatic rings. The van der Waals surface area contributed by atoms with E-state index in [1.54, 1.807) is 6.20 Å². The summed E-state index contributed by atoms with van der Waals surface area (Å²) in [5.41, 5.74) is 5.32. The third-order valence-corrected chi connectivity index (χ3v) is 4.56. The van der Waals surface area contributed by atoms with Crippen molar-refractivity contribution in [2.75, 3.05) is 0 Å². The van der Waals surface area contributed by atoms with E-state index in [2.05, 4.69) is 69.5 Å². The van der Waals surface area contributed by atoms with Gasteiger partial charge in [-0.1, -0.05) is 48.5 Å². The first-order valence-electron chi connectivity index (χ1n) is 7.92. The van der Waals surface area contributed by atoms with Gasteiger partial charge in [-0.3, -0.25) is 4.98 Å². The van der Waals surface area contributed by atoms with Gasteiger partial charge in [0.25, 0.3) is 5.65 Å². The molecule has 2 aromatic carbocycles. The maximum atomic E-state index is 4.86. The van der Waals surface area contributed by atoms with Gasteiger partial charge in [0.1, 0.15) is 17.8 Å². The number of benzene rings is 2. The van der Waals surface area contributed by atoms with Crippen molar-refractivity contribution in [1.29, 1.82) is 0 Å². The minimum Gasteiger partial charge on any atom is -0.307 e. The van der Waals surface area contributed by atoms with Crippen LogP contribution in [0.25, 0.3) is 38.8 Å². The molecule has 3 heterocycles. The lowest BCUT2D eigenvalue weighted by Crippen LogP contribution is -2.26. The van der Waals surface area contributed by atoms with Crippen LogP contribution in [0.15, 0.2) is 73.2 Å². The normalized spacial score (nSPS) is 11.5. The summed E-state index contributed by atoms with van der Waals surface area (Å²) in [6.07, 6.45) is 5.59. The van der Waals surface area contributed by atoms with Gasteiger partial charge in [-0.25, -0.2) is 0 Å². The standard InChI is InChI=1S/C20H15N4/c1-23-16-10-6-5-9-15(16)18-19(14-7-3-2-4-8-14)24-12-11-21-13-17(24)22-20(18)23/h2-13H,1H3/q+1. The summed E-state index contributed by atoms with van der Waals surface area (Å²) < 4.78 is 4.28. The molecule has 0 saturated heterocycles. The van der Waals surface area contributed by atoms with Crippen LogP contribution < -0.4 is 4.40 Å². The van der Waals surface area contributed by atoms with Crippen LogP contribution in [0.3, 0.4) is 0 Å². The van der Waals surface area contributed by atoms with E-state index in [0.717, 1.165) is 17.0 Å². The quantitative estimate of drug-likeness (QED) is 0.444. The van der Waals surface area contributed by atoms with E-state index in [1.807, 2.05) is 18.5 Å². The Morgan fingerprint density at radius 1 is 0.958 bits per heavy atom. The van der Waals surface area contributed by atoms with Crippen LogP contribution in [0.1, 0.15) is 0 Å². The fourth-order valence-corrected chi connectivity index (χ4v) is 3.48. The molecule has 0 spiro atoms. The van der Waals surface area contributed by atoms with Gasteiger partial charge in [0.05, 0.1) is 11.7 Å². The molecule has 0 saturated carbocycles. The first-order chi connectivity index (χ1) is 11.8. The van der Waals surface area contributed by atoms with Crippen molar-refractivity contribution in [2.45, 2.75) is 0 Å². The van der Waals surface area contributed by atoms with Gasteiger partial charge in [-0.15, -0.1) is 0 Å². The molecule has 4 nitrogen and oxygen atoms in total. The zero-order chi connectivity index (χ0) is 16.1. The Bertz CT molecular complexity index is 1210. The second-order valence-electron chi connectivity index (χ2n) is 5.91. The number of rotatable bonds is 1. The molecule has 3 aromatic heterocycles. The largest absolute Gasteiger partial charge is 0.349 e. The fourth-order valence-electron chi connectivity index (χ4n) is 3.48. The van der Waals surface area contributed by atoms with Crippen molar-refractivity contribution in [2.24, 2.45) is 7.05 Å². The van der Waals surface area contributed by atoms with Crippen LogP contribution >= 0.6 is 0 Å². The summed E-state index contributed by atoms with van der Waals surface area (Å²) in [7, 11) is 2.07. The molecule has 4 heteroatoms. The van der Waals surface area contributed by atoms with Gasteiger partial charge in [-0.2, -0.15) is 4.40 Å². The lowest BCUT2D eigenvalue weighted by Gasteiger charge is -2.04.